The first-order valence-corrected chi connectivity index (χ1v) is 4.10. The molecule has 0 aliphatic rings. The molecule has 0 amide bonds. The van der Waals surface area contributed by atoms with Crippen LogP contribution in [0.15, 0.2) is 18.2 Å². The molecule has 0 atom stereocenters. The van der Waals surface area contributed by atoms with E-state index in [0.29, 0.717) is 5.46 Å². The summed E-state index contributed by atoms with van der Waals surface area (Å²) in [6, 6.07) is 5.74. The lowest BCUT2D eigenvalue weighted by atomic mass is 9.76. The molecule has 0 bridgehead atoms. The number of hydrogen-bond acceptors (Lipinski definition) is 2. The Bertz CT molecular complexity index is 271. The Hall–Kier alpha value is -0.795. The van der Waals surface area contributed by atoms with Gasteiger partial charge in [0.1, 0.15) is 0 Å². The van der Waals surface area contributed by atoms with E-state index in [1.807, 2.05) is 32.0 Å². The fraction of sp³-hybridized carbons (Fsp3) is 0.333. The Kier molecular flexibility index (Phi) is 2.90. The van der Waals surface area contributed by atoms with Crippen molar-refractivity contribution >= 4 is 12.6 Å². The second-order valence-corrected chi connectivity index (χ2v) is 2.92. The summed E-state index contributed by atoms with van der Waals surface area (Å²) in [4.78, 5) is 0. The second kappa shape index (κ2) is 3.74. The van der Waals surface area contributed by atoms with Gasteiger partial charge in [-0.15, -0.1) is 0 Å². The Morgan fingerprint density at radius 3 is 2.50 bits per heavy atom. The fourth-order valence-corrected chi connectivity index (χ4v) is 1.19. The topological polar surface area (TPSA) is 40.5 Å². The van der Waals surface area contributed by atoms with Gasteiger partial charge in [0.2, 0.25) is 0 Å². The SMILES string of the molecule is CCc1ccc(C)c(B(O)O)c1. The molecule has 64 valence electrons. The lowest BCUT2D eigenvalue weighted by molar-refractivity contribution is 0.425. The summed E-state index contributed by atoms with van der Waals surface area (Å²) in [5.41, 5.74) is 2.65. The van der Waals surface area contributed by atoms with E-state index in [4.69, 9.17) is 10.0 Å². The lowest BCUT2D eigenvalue weighted by Gasteiger charge is -2.05. The number of hydrogen-bond donors (Lipinski definition) is 2. The zero-order valence-corrected chi connectivity index (χ0v) is 7.41. The van der Waals surface area contributed by atoms with E-state index in [0.717, 1.165) is 17.5 Å². The van der Waals surface area contributed by atoms with Gasteiger partial charge in [0, 0.05) is 0 Å². The third kappa shape index (κ3) is 1.87. The third-order valence-electron chi connectivity index (χ3n) is 2.03. The fourth-order valence-electron chi connectivity index (χ4n) is 1.19. The Morgan fingerprint density at radius 1 is 1.33 bits per heavy atom. The van der Waals surface area contributed by atoms with Crippen LogP contribution in [0.4, 0.5) is 0 Å². The highest BCUT2D eigenvalue weighted by atomic mass is 16.4. The molecule has 3 heteroatoms. The summed E-state index contributed by atoms with van der Waals surface area (Å²) in [6.07, 6.45) is 0.917. The zero-order chi connectivity index (χ0) is 9.14. The van der Waals surface area contributed by atoms with Crippen LogP contribution < -0.4 is 5.46 Å². The largest absolute Gasteiger partial charge is 0.488 e. The maximum Gasteiger partial charge on any atom is 0.488 e. The average Bonchev–Trinajstić information content (AvgIpc) is 2.05. The summed E-state index contributed by atoms with van der Waals surface area (Å²) >= 11 is 0. The van der Waals surface area contributed by atoms with Gasteiger partial charge in [-0.2, -0.15) is 0 Å². The highest BCUT2D eigenvalue weighted by Gasteiger charge is 2.13. The monoisotopic (exact) mass is 164 g/mol. The van der Waals surface area contributed by atoms with Crippen LogP contribution in [0.3, 0.4) is 0 Å². The molecule has 0 saturated carbocycles. The van der Waals surface area contributed by atoms with Crippen LogP contribution in [0.2, 0.25) is 0 Å². The van der Waals surface area contributed by atoms with Crippen LogP contribution >= 0.6 is 0 Å². The van der Waals surface area contributed by atoms with Gasteiger partial charge in [0.05, 0.1) is 0 Å². The van der Waals surface area contributed by atoms with Crippen LogP contribution in [-0.2, 0) is 6.42 Å². The predicted molar refractivity (Wildman–Crippen MR) is 50.4 cm³/mol. The molecule has 0 saturated heterocycles. The first kappa shape index (κ1) is 9.29. The van der Waals surface area contributed by atoms with E-state index in [9.17, 15) is 0 Å². The molecule has 0 radical (unpaired) electrons. The van der Waals surface area contributed by atoms with Gasteiger partial charge >= 0.3 is 7.12 Å². The molecule has 12 heavy (non-hydrogen) atoms. The maximum atomic E-state index is 8.98. The summed E-state index contributed by atoms with van der Waals surface area (Å²) in [5.74, 6) is 0. The van der Waals surface area contributed by atoms with Crippen molar-refractivity contribution < 1.29 is 10.0 Å². The predicted octanol–water partition coefficient (Wildman–Crippen LogP) is 0.237. The number of rotatable bonds is 2. The van der Waals surface area contributed by atoms with Crippen LogP contribution in [0, 0.1) is 6.92 Å². The first-order valence-electron chi connectivity index (χ1n) is 4.10. The minimum Gasteiger partial charge on any atom is -0.423 e. The average molecular weight is 164 g/mol. The summed E-state index contributed by atoms with van der Waals surface area (Å²) in [7, 11) is -1.35. The van der Waals surface area contributed by atoms with Crippen molar-refractivity contribution in [3.8, 4) is 0 Å². The van der Waals surface area contributed by atoms with Gasteiger partial charge in [-0.25, -0.2) is 0 Å². The Morgan fingerprint density at radius 2 is 2.00 bits per heavy atom. The van der Waals surface area contributed by atoms with E-state index in [1.54, 1.807) is 0 Å². The summed E-state index contributed by atoms with van der Waals surface area (Å²) in [6.45, 7) is 3.91. The molecular formula is C9H13BO2. The van der Waals surface area contributed by atoms with Gasteiger partial charge in [-0.1, -0.05) is 30.7 Å². The molecule has 0 aliphatic heterocycles. The summed E-state index contributed by atoms with van der Waals surface area (Å²) in [5, 5.41) is 18.0. The Balaban J connectivity index is 3.08. The minimum absolute atomic E-state index is 0.606. The quantitative estimate of drug-likeness (QED) is 0.614. The number of aryl methyl sites for hydroxylation is 2. The molecule has 0 spiro atoms. The van der Waals surface area contributed by atoms with Crippen molar-refractivity contribution in [3.05, 3.63) is 29.3 Å². The van der Waals surface area contributed by atoms with E-state index in [2.05, 4.69) is 0 Å². The molecule has 1 aromatic carbocycles. The van der Waals surface area contributed by atoms with Gasteiger partial charge < -0.3 is 10.0 Å². The van der Waals surface area contributed by atoms with Gasteiger partial charge in [-0.05, 0) is 24.4 Å². The summed E-state index contributed by atoms with van der Waals surface area (Å²) < 4.78 is 0. The molecule has 0 fully saturated rings. The zero-order valence-electron chi connectivity index (χ0n) is 7.41. The third-order valence-corrected chi connectivity index (χ3v) is 2.03. The highest BCUT2D eigenvalue weighted by molar-refractivity contribution is 6.59. The molecule has 2 nitrogen and oxygen atoms in total. The molecule has 1 rings (SSSR count). The highest BCUT2D eigenvalue weighted by Crippen LogP contribution is 2.01. The van der Waals surface area contributed by atoms with E-state index in [1.165, 1.54) is 0 Å². The molecule has 0 aromatic heterocycles. The van der Waals surface area contributed by atoms with Crippen molar-refractivity contribution in [3.63, 3.8) is 0 Å². The van der Waals surface area contributed by atoms with E-state index >= 15 is 0 Å². The standard InChI is InChI=1S/C9H13BO2/c1-3-8-5-4-7(2)9(6-8)10(11)12/h4-6,11-12H,3H2,1-2H3. The molecule has 0 unspecified atom stereocenters. The Labute approximate surface area is 73.0 Å². The molecular weight excluding hydrogens is 151 g/mol. The van der Waals surface area contributed by atoms with Crippen LogP contribution in [0.25, 0.3) is 0 Å². The van der Waals surface area contributed by atoms with Crippen LogP contribution in [-0.4, -0.2) is 17.2 Å². The first-order chi connectivity index (χ1) is 5.65. The molecule has 1 aromatic rings. The van der Waals surface area contributed by atoms with Crippen molar-refractivity contribution in [2.45, 2.75) is 20.3 Å². The van der Waals surface area contributed by atoms with Crippen molar-refractivity contribution in [2.24, 2.45) is 0 Å². The van der Waals surface area contributed by atoms with Gasteiger partial charge in [0.15, 0.2) is 0 Å². The van der Waals surface area contributed by atoms with Gasteiger partial charge in [-0.3, -0.25) is 0 Å². The smallest absolute Gasteiger partial charge is 0.423 e. The van der Waals surface area contributed by atoms with Crippen molar-refractivity contribution in [1.82, 2.24) is 0 Å². The number of benzene rings is 1. The van der Waals surface area contributed by atoms with E-state index in [-0.39, 0.29) is 0 Å². The van der Waals surface area contributed by atoms with Gasteiger partial charge in [0.25, 0.3) is 0 Å². The van der Waals surface area contributed by atoms with Crippen molar-refractivity contribution in [2.75, 3.05) is 0 Å². The van der Waals surface area contributed by atoms with Crippen LogP contribution in [0.5, 0.6) is 0 Å². The molecule has 0 heterocycles. The maximum absolute atomic E-state index is 8.98. The normalized spacial score (nSPS) is 10.0. The van der Waals surface area contributed by atoms with E-state index < -0.39 is 7.12 Å². The molecule has 2 N–H and O–H groups in total. The molecule has 0 aliphatic carbocycles. The van der Waals surface area contributed by atoms with Crippen molar-refractivity contribution in [1.29, 1.82) is 0 Å². The minimum atomic E-state index is -1.35. The second-order valence-electron chi connectivity index (χ2n) is 2.92. The lowest BCUT2D eigenvalue weighted by Crippen LogP contribution is -2.32. The van der Waals surface area contributed by atoms with Crippen LogP contribution in [0.1, 0.15) is 18.1 Å².